The normalized spacial score (nSPS) is 16.2. The second-order valence-corrected chi connectivity index (χ2v) is 5.70. The van der Waals surface area contributed by atoms with Gasteiger partial charge in [-0.1, -0.05) is 0 Å². The highest BCUT2D eigenvalue weighted by molar-refractivity contribution is 9.10. The first kappa shape index (κ1) is 9.41. The van der Waals surface area contributed by atoms with E-state index < -0.39 is 0 Å². The largest absolute Gasteiger partial charge is 0.293 e. The number of ketones is 1. The van der Waals surface area contributed by atoms with Crippen LogP contribution in [0.5, 0.6) is 0 Å². The van der Waals surface area contributed by atoms with Crippen LogP contribution in [0.3, 0.4) is 0 Å². The van der Waals surface area contributed by atoms with E-state index in [1.54, 1.807) is 11.3 Å². The minimum Gasteiger partial charge on any atom is -0.293 e. The molecule has 1 aromatic rings. The summed E-state index contributed by atoms with van der Waals surface area (Å²) in [5.41, 5.74) is 0. The SMILES string of the molecule is Cc1sc(C(=O)CC2CC2)cc1Br. The van der Waals surface area contributed by atoms with Crippen molar-refractivity contribution in [3.63, 3.8) is 0 Å². The third-order valence-corrected chi connectivity index (χ3v) is 4.48. The van der Waals surface area contributed by atoms with Crippen molar-refractivity contribution in [2.75, 3.05) is 0 Å². The number of Topliss-reactive ketones (excluding diaryl/α,β-unsaturated/α-hetero) is 1. The lowest BCUT2D eigenvalue weighted by molar-refractivity contribution is 0.0980. The van der Waals surface area contributed by atoms with Gasteiger partial charge in [0.1, 0.15) is 0 Å². The molecule has 0 amide bonds. The monoisotopic (exact) mass is 258 g/mol. The van der Waals surface area contributed by atoms with E-state index in [2.05, 4.69) is 15.9 Å². The zero-order valence-corrected chi connectivity index (χ0v) is 9.87. The molecule has 70 valence electrons. The highest BCUT2D eigenvalue weighted by atomic mass is 79.9. The van der Waals surface area contributed by atoms with Gasteiger partial charge in [-0.05, 0) is 47.7 Å². The third-order valence-electron chi connectivity index (χ3n) is 2.30. The quantitative estimate of drug-likeness (QED) is 0.754. The van der Waals surface area contributed by atoms with Crippen LogP contribution in [0.1, 0.15) is 33.8 Å². The Morgan fingerprint density at radius 2 is 2.38 bits per heavy atom. The number of rotatable bonds is 3. The Bertz CT molecular complexity index is 319. The molecule has 13 heavy (non-hydrogen) atoms. The van der Waals surface area contributed by atoms with Gasteiger partial charge >= 0.3 is 0 Å². The molecule has 0 atom stereocenters. The summed E-state index contributed by atoms with van der Waals surface area (Å²) in [5, 5.41) is 0. The zero-order valence-electron chi connectivity index (χ0n) is 7.47. The van der Waals surface area contributed by atoms with E-state index in [-0.39, 0.29) is 0 Å². The van der Waals surface area contributed by atoms with Gasteiger partial charge in [0.15, 0.2) is 5.78 Å². The van der Waals surface area contributed by atoms with Crippen LogP contribution in [0.4, 0.5) is 0 Å². The Hall–Kier alpha value is -0.150. The average molecular weight is 259 g/mol. The summed E-state index contributed by atoms with van der Waals surface area (Å²) in [4.78, 5) is 13.8. The van der Waals surface area contributed by atoms with Crippen molar-refractivity contribution in [1.29, 1.82) is 0 Å². The molecule has 0 saturated heterocycles. The van der Waals surface area contributed by atoms with E-state index in [9.17, 15) is 4.79 Å². The summed E-state index contributed by atoms with van der Waals surface area (Å²) in [6.07, 6.45) is 3.25. The number of carbonyl (C=O) groups excluding carboxylic acids is 1. The van der Waals surface area contributed by atoms with Gasteiger partial charge in [-0.3, -0.25) is 4.79 Å². The predicted octanol–water partition coefficient (Wildman–Crippen LogP) is 3.80. The molecule has 1 heterocycles. The highest BCUT2D eigenvalue weighted by Gasteiger charge is 2.25. The van der Waals surface area contributed by atoms with Crippen molar-refractivity contribution in [3.8, 4) is 0 Å². The van der Waals surface area contributed by atoms with Crippen molar-refractivity contribution in [2.45, 2.75) is 26.2 Å². The smallest absolute Gasteiger partial charge is 0.173 e. The molecule has 1 aliphatic carbocycles. The third kappa shape index (κ3) is 2.20. The van der Waals surface area contributed by atoms with Crippen molar-refractivity contribution >= 4 is 33.0 Å². The number of carbonyl (C=O) groups is 1. The number of hydrogen-bond donors (Lipinski definition) is 0. The maximum absolute atomic E-state index is 11.7. The molecule has 0 aromatic carbocycles. The number of thiophene rings is 1. The first-order valence-electron chi connectivity index (χ1n) is 4.46. The van der Waals surface area contributed by atoms with Crippen LogP contribution in [0.2, 0.25) is 0 Å². The lowest BCUT2D eigenvalue weighted by Gasteiger charge is -1.92. The second-order valence-electron chi connectivity index (χ2n) is 3.59. The lowest BCUT2D eigenvalue weighted by atomic mass is 10.2. The molecule has 1 nitrogen and oxygen atoms in total. The predicted molar refractivity (Wildman–Crippen MR) is 58.4 cm³/mol. The fourth-order valence-electron chi connectivity index (χ4n) is 1.28. The van der Waals surface area contributed by atoms with Crippen LogP contribution in [0.15, 0.2) is 10.5 Å². The first-order valence-corrected chi connectivity index (χ1v) is 6.07. The first-order chi connectivity index (χ1) is 6.16. The van der Waals surface area contributed by atoms with Crippen LogP contribution >= 0.6 is 27.3 Å². The zero-order chi connectivity index (χ0) is 9.42. The molecule has 1 aliphatic rings. The molecule has 0 unspecified atom stereocenters. The van der Waals surface area contributed by atoms with Gasteiger partial charge in [0.2, 0.25) is 0 Å². The van der Waals surface area contributed by atoms with Crippen molar-refractivity contribution < 1.29 is 4.79 Å². The van der Waals surface area contributed by atoms with Gasteiger partial charge < -0.3 is 0 Å². The van der Waals surface area contributed by atoms with Crippen LogP contribution in [-0.4, -0.2) is 5.78 Å². The maximum Gasteiger partial charge on any atom is 0.173 e. The topological polar surface area (TPSA) is 17.1 Å². The Morgan fingerprint density at radius 1 is 1.69 bits per heavy atom. The molecule has 2 rings (SSSR count). The molecular weight excluding hydrogens is 248 g/mol. The lowest BCUT2D eigenvalue weighted by Crippen LogP contribution is -1.96. The Kier molecular flexibility index (Phi) is 2.56. The Labute approximate surface area is 90.3 Å². The molecular formula is C10H11BrOS. The van der Waals surface area contributed by atoms with Crippen molar-refractivity contribution in [1.82, 2.24) is 0 Å². The number of halogens is 1. The van der Waals surface area contributed by atoms with Crippen LogP contribution < -0.4 is 0 Å². The van der Waals surface area contributed by atoms with Crippen LogP contribution in [-0.2, 0) is 0 Å². The van der Waals surface area contributed by atoms with Gasteiger partial charge in [0.05, 0.1) is 4.88 Å². The van der Waals surface area contributed by atoms with Gasteiger partial charge in [0, 0.05) is 15.8 Å². The molecule has 1 aromatic heterocycles. The van der Waals surface area contributed by atoms with E-state index in [1.165, 1.54) is 17.7 Å². The maximum atomic E-state index is 11.7. The van der Waals surface area contributed by atoms with Gasteiger partial charge in [0.25, 0.3) is 0 Å². The fourth-order valence-corrected chi connectivity index (χ4v) is 2.77. The minimum absolute atomic E-state index is 0.321. The Morgan fingerprint density at radius 3 is 2.85 bits per heavy atom. The molecule has 0 radical (unpaired) electrons. The average Bonchev–Trinajstić information content (AvgIpc) is 2.81. The molecule has 1 fully saturated rings. The van der Waals surface area contributed by atoms with E-state index >= 15 is 0 Å². The van der Waals surface area contributed by atoms with E-state index in [1.807, 2.05) is 13.0 Å². The van der Waals surface area contributed by atoms with Gasteiger partial charge in [-0.25, -0.2) is 0 Å². The Balaban J connectivity index is 2.09. The molecule has 0 N–H and O–H groups in total. The standard InChI is InChI=1S/C10H11BrOS/c1-6-8(11)5-10(13-6)9(12)4-7-2-3-7/h5,7H,2-4H2,1H3. The van der Waals surface area contributed by atoms with E-state index in [0.717, 1.165) is 15.8 Å². The van der Waals surface area contributed by atoms with E-state index in [0.29, 0.717) is 11.7 Å². The molecule has 0 bridgehead atoms. The minimum atomic E-state index is 0.321. The molecule has 0 aliphatic heterocycles. The summed E-state index contributed by atoms with van der Waals surface area (Å²) in [6.45, 7) is 2.03. The van der Waals surface area contributed by atoms with E-state index in [4.69, 9.17) is 0 Å². The van der Waals surface area contributed by atoms with Crippen LogP contribution in [0.25, 0.3) is 0 Å². The molecule has 1 saturated carbocycles. The molecule has 3 heteroatoms. The fraction of sp³-hybridized carbons (Fsp3) is 0.500. The summed E-state index contributed by atoms with van der Waals surface area (Å²) >= 11 is 5.02. The summed E-state index contributed by atoms with van der Waals surface area (Å²) in [6, 6.07) is 1.95. The van der Waals surface area contributed by atoms with Crippen LogP contribution in [0, 0.1) is 12.8 Å². The highest BCUT2D eigenvalue weighted by Crippen LogP contribution is 2.35. The van der Waals surface area contributed by atoms with Crippen molar-refractivity contribution in [2.24, 2.45) is 5.92 Å². The van der Waals surface area contributed by atoms with Gasteiger partial charge in [-0.15, -0.1) is 11.3 Å². The number of hydrogen-bond acceptors (Lipinski definition) is 2. The molecule has 0 spiro atoms. The second kappa shape index (κ2) is 3.54. The summed E-state index contributed by atoms with van der Waals surface area (Å²) < 4.78 is 1.07. The van der Waals surface area contributed by atoms with Crippen molar-refractivity contribution in [3.05, 3.63) is 20.3 Å². The number of aryl methyl sites for hydroxylation is 1. The summed E-state index contributed by atoms with van der Waals surface area (Å²) in [7, 11) is 0. The van der Waals surface area contributed by atoms with Gasteiger partial charge in [-0.2, -0.15) is 0 Å². The summed E-state index contributed by atoms with van der Waals surface area (Å²) in [5.74, 6) is 1.01.